The number of methoxy groups -OCH3 is 1. The molecule has 1 rings (SSSR count). The Morgan fingerprint density at radius 1 is 1.33 bits per heavy atom. The Morgan fingerprint density at radius 3 is 2.56 bits per heavy atom. The van der Waals surface area contributed by atoms with E-state index in [1.54, 1.807) is 30.3 Å². The summed E-state index contributed by atoms with van der Waals surface area (Å²) in [7, 11) is 1.32. The first-order valence-corrected chi connectivity index (χ1v) is 5.91. The highest BCUT2D eigenvalue weighted by molar-refractivity contribution is 6.19. The zero-order chi connectivity index (χ0) is 13.4. The molecule has 18 heavy (non-hydrogen) atoms. The van der Waals surface area contributed by atoms with Gasteiger partial charge in [0.15, 0.2) is 0 Å². The highest BCUT2D eigenvalue weighted by atomic mass is 35.5. The van der Waals surface area contributed by atoms with Gasteiger partial charge in [-0.25, -0.2) is 4.79 Å². The molecule has 0 bridgehead atoms. The van der Waals surface area contributed by atoms with Crippen LogP contribution in [0.15, 0.2) is 30.3 Å². The fourth-order valence-corrected chi connectivity index (χ4v) is 1.39. The van der Waals surface area contributed by atoms with Crippen molar-refractivity contribution >= 4 is 35.2 Å². The van der Waals surface area contributed by atoms with E-state index in [9.17, 15) is 9.59 Å². The Hall–Kier alpha value is -1.81. The van der Waals surface area contributed by atoms with Gasteiger partial charge in [-0.05, 0) is 23.8 Å². The third-order valence-corrected chi connectivity index (χ3v) is 2.32. The van der Waals surface area contributed by atoms with Crippen molar-refractivity contribution in [1.82, 2.24) is 0 Å². The van der Waals surface area contributed by atoms with Crippen molar-refractivity contribution in [3.63, 3.8) is 0 Å². The summed E-state index contributed by atoms with van der Waals surface area (Å²) in [6, 6.07) is 7.08. The summed E-state index contributed by atoms with van der Waals surface area (Å²) < 4.78 is 4.48. The molecule has 0 aliphatic rings. The molecule has 0 aromatic heterocycles. The highest BCUT2D eigenvalue weighted by Gasteiger charge is 2.00. The molecule has 1 aromatic rings. The number of rotatable bonds is 5. The lowest BCUT2D eigenvalue weighted by Crippen LogP contribution is -2.11. The van der Waals surface area contributed by atoms with Crippen molar-refractivity contribution in [3.05, 3.63) is 35.9 Å². The minimum absolute atomic E-state index is 0.122. The quantitative estimate of drug-likeness (QED) is 0.506. The van der Waals surface area contributed by atoms with Crippen LogP contribution in [0.25, 0.3) is 6.08 Å². The molecule has 1 amide bonds. The van der Waals surface area contributed by atoms with Crippen molar-refractivity contribution in [2.24, 2.45) is 0 Å². The SMILES string of the molecule is COC(=O)C=Cc1ccc(NC(=O)CCCl)cc1. The third-order valence-electron chi connectivity index (χ3n) is 2.13. The Kier molecular flexibility index (Phi) is 5.94. The van der Waals surface area contributed by atoms with E-state index < -0.39 is 5.97 Å². The number of anilines is 1. The van der Waals surface area contributed by atoms with E-state index in [2.05, 4.69) is 10.1 Å². The van der Waals surface area contributed by atoms with Gasteiger partial charge in [-0.15, -0.1) is 11.6 Å². The molecule has 1 aromatic carbocycles. The van der Waals surface area contributed by atoms with E-state index in [4.69, 9.17) is 11.6 Å². The van der Waals surface area contributed by atoms with Crippen LogP contribution in [0.5, 0.6) is 0 Å². The number of alkyl halides is 1. The maximum atomic E-state index is 11.3. The average molecular weight is 268 g/mol. The van der Waals surface area contributed by atoms with E-state index in [1.807, 2.05) is 0 Å². The molecule has 0 atom stereocenters. The van der Waals surface area contributed by atoms with E-state index >= 15 is 0 Å². The minimum atomic E-state index is -0.408. The van der Waals surface area contributed by atoms with Crippen molar-refractivity contribution in [1.29, 1.82) is 0 Å². The molecule has 0 radical (unpaired) electrons. The van der Waals surface area contributed by atoms with Crippen LogP contribution in [-0.4, -0.2) is 24.9 Å². The Balaban J connectivity index is 2.60. The van der Waals surface area contributed by atoms with Gasteiger partial charge in [-0.1, -0.05) is 12.1 Å². The lowest BCUT2D eigenvalue weighted by Gasteiger charge is -2.03. The lowest BCUT2D eigenvalue weighted by molar-refractivity contribution is -0.134. The molecule has 0 aliphatic carbocycles. The molecular weight excluding hydrogens is 254 g/mol. The molecule has 96 valence electrons. The second-order valence-electron chi connectivity index (χ2n) is 3.47. The van der Waals surface area contributed by atoms with Crippen LogP contribution < -0.4 is 5.32 Å². The predicted octanol–water partition coefficient (Wildman–Crippen LogP) is 2.44. The Morgan fingerprint density at radius 2 is 2.00 bits per heavy atom. The molecule has 0 aliphatic heterocycles. The van der Waals surface area contributed by atoms with Crippen LogP contribution in [0.4, 0.5) is 5.69 Å². The van der Waals surface area contributed by atoms with Gasteiger partial charge >= 0.3 is 5.97 Å². The minimum Gasteiger partial charge on any atom is -0.466 e. The van der Waals surface area contributed by atoms with Gasteiger partial charge in [0.2, 0.25) is 5.91 Å². The van der Waals surface area contributed by atoms with Crippen LogP contribution in [-0.2, 0) is 14.3 Å². The van der Waals surface area contributed by atoms with Crippen LogP contribution in [0, 0.1) is 0 Å². The number of carbonyl (C=O) groups excluding carboxylic acids is 2. The maximum absolute atomic E-state index is 11.3. The van der Waals surface area contributed by atoms with E-state index in [0.29, 0.717) is 11.6 Å². The number of carbonyl (C=O) groups is 2. The third kappa shape index (κ3) is 5.01. The van der Waals surface area contributed by atoms with Crippen molar-refractivity contribution < 1.29 is 14.3 Å². The molecular formula is C13H14ClNO3. The summed E-state index contributed by atoms with van der Waals surface area (Å²) in [5.74, 6) is -0.233. The number of ether oxygens (including phenoxy) is 1. The number of hydrogen-bond donors (Lipinski definition) is 1. The summed E-state index contributed by atoms with van der Waals surface area (Å²) in [5.41, 5.74) is 1.54. The van der Waals surface area contributed by atoms with E-state index in [1.165, 1.54) is 13.2 Å². The molecule has 0 saturated carbocycles. The summed E-state index contributed by atoms with van der Waals surface area (Å²) in [6.45, 7) is 0. The summed E-state index contributed by atoms with van der Waals surface area (Å²) in [5, 5.41) is 2.71. The zero-order valence-electron chi connectivity index (χ0n) is 9.98. The first-order chi connectivity index (χ1) is 8.65. The molecule has 0 saturated heterocycles. The standard InChI is InChI=1S/C13H14ClNO3/c1-18-13(17)7-4-10-2-5-11(6-3-10)15-12(16)8-9-14/h2-7H,8-9H2,1H3,(H,15,16). The molecule has 5 heteroatoms. The second-order valence-corrected chi connectivity index (χ2v) is 3.84. The van der Waals surface area contributed by atoms with Gasteiger partial charge in [-0.3, -0.25) is 4.79 Å². The molecule has 0 unspecified atom stereocenters. The van der Waals surface area contributed by atoms with Crippen molar-refractivity contribution in [2.45, 2.75) is 6.42 Å². The van der Waals surface area contributed by atoms with Crippen LogP contribution >= 0.6 is 11.6 Å². The fourth-order valence-electron chi connectivity index (χ4n) is 1.22. The Bertz CT molecular complexity index is 440. The van der Waals surface area contributed by atoms with Gasteiger partial charge in [-0.2, -0.15) is 0 Å². The first-order valence-electron chi connectivity index (χ1n) is 5.37. The monoisotopic (exact) mass is 267 g/mol. The molecule has 4 nitrogen and oxygen atoms in total. The molecule has 0 spiro atoms. The zero-order valence-corrected chi connectivity index (χ0v) is 10.7. The van der Waals surface area contributed by atoms with Gasteiger partial charge in [0.1, 0.15) is 0 Å². The molecule has 1 N–H and O–H groups in total. The van der Waals surface area contributed by atoms with Gasteiger partial charge in [0.05, 0.1) is 7.11 Å². The summed E-state index contributed by atoms with van der Waals surface area (Å²) in [4.78, 5) is 22.2. The average Bonchev–Trinajstić information content (AvgIpc) is 2.37. The van der Waals surface area contributed by atoms with E-state index in [0.717, 1.165) is 5.56 Å². The van der Waals surface area contributed by atoms with Crippen LogP contribution in [0.2, 0.25) is 0 Å². The van der Waals surface area contributed by atoms with Crippen LogP contribution in [0.3, 0.4) is 0 Å². The number of esters is 1. The summed E-state index contributed by atoms with van der Waals surface area (Å²) in [6.07, 6.45) is 3.25. The van der Waals surface area contributed by atoms with Crippen LogP contribution in [0.1, 0.15) is 12.0 Å². The van der Waals surface area contributed by atoms with E-state index in [-0.39, 0.29) is 12.3 Å². The largest absolute Gasteiger partial charge is 0.466 e. The number of amides is 1. The maximum Gasteiger partial charge on any atom is 0.330 e. The predicted molar refractivity (Wildman–Crippen MR) is 71.5 cm³/mol. The summed E-state index contributed by atoms with van der Waals surface area (Å²) >= 11 is 5.46. The van der Waals surface area contributed by atoms with Crippen molar-refractivity contribution in [2.75, 3.05) is 18.3 Å². The Labute approximate surface area is 111 Å². The molecule has 0 fully saturated rings. The van der Waals surface area contributed by atoms with Gasteiger partial charge < -0.3 is 10.1 Å². The fraction of sp³-hybridized carbons (Fsp3) is 0.231. The number of halogens is 1. The topological polar surface area (TPSA) is 55.4 Å². The van der Waals surface area contributed by atoms with Crippen molar-refractivity contribution in [3.8, 4) is 0 Å². The van der Waals surface area contributed by atoms with Gasteiger partial charge in [0, 0.05) is 24.1 Å². The number of benzene rings is 1. The smallest absolute Gasteiger partial charge is 0.330 e. The second kappa shape index (κ2) is 7.50. The number of hydrogen-bond acceptors (Lipinski definition) is 3. The van der Waals surface area contributed by atoms with Gasteiger partial charge in [0.25, 0.3) is 0 Å². The normalized spacial score (nSPS) is 10.3. The molecule has 0 heterocycles. The first kappa shape index (κ1) is 14.3. The lowest BCUT2D eigenvalue weighted by atomic mass is 10.2. The highest BCUT2D eigenvalue weighted by Crippen LogP contribution is 2.11. The number of nitrogens with one attached hydrogen (secondary N) is 1.